The first-order valence-electron chi connectivity index (χ1n) is 9.72. The van der Waals surface area contributed by atoms with Gasteiger partial charge in [0.05, 0.1) is 5.92 Å². The van der Waals surface area contributed by atoms with Crippen LogP contribution < -0.4 is 15.8 Å². The van der Waals surface area contributed by atoms with Crippen molar-refractivity contribution in [3.8, 4) is 0 Å². The van der Waals surface area contributed by atoms with Gasteiger partial charge < -0.3 is 14.8 Å². The van der Waals surface area contributed by atoms with Crippen molar-refractivity contribution >= 4 is 11.6 Å². The van der Waals surface area contributed by atoms with Gasteiger partial charge in [-0.3, -0.25) is 9.59 Å². The predicted octanol–water partition coefficient (Wildman–Crippen LogP) is 3.18. The van der Waals surface area contributed by atoms with E-state index in [2.05, 4.69) is 36.2 Å². The molecule has 1 aromatic carbocycles. The third-order valence-electron chi connectivity index (χ3n) is 5.57. The number of pyridine rings is 1. The van der Waals surface area contributed by atoms with Gasteiger partial charge in [0.2, 0.25) is 5.91 Å². The van der Waals surface area contributed by atoms with Crippen LogP contribution in [0.1, 0.15) is 50.7 Å². The molecule has 5 nitrogen and oxygen atoms in total. The maximum atomic E-state index is 12.8. The SMILES string of the molecule is CC[C@H](C)NC(=O)[C@@H]1C[C@@H](C)N(Cc2ccn(C)c(=O)c2)c2ccccc21. The number of nitrogens with one attached hydrogen (secondary N) is 1. The van der Waals surface area contributed by atoms with Crippen LogP contribution in [-0.2, 0) is 18.4 Å². The number of hydrogen-bond donors (Lipinski definition) is 1. The Labute approximate surface area is 161 Å². The maximum absolute atomic E-state index is 12.8. The van der Waals surface area contributed by atoms with Gasteiger partial charge in [-0.15, -0.1) is 0 Å². The van der Waals surface area contributed by atoms with Crippen LogP contribution in [0.4, 0.5) is 5.69 Å². The molecule has 0 aliphatic carbocycles. The molecule has 0 saturated carbocycles. The van der Waals surface area contributed by atoms with Gasteiger partial charge in [0, 0.05) is 43.6 Å². The molecule has 0 fully saturated rings. The Morgan fingerprint density at radius 3 is 2.74 bits per heavy atom. The van der Waals surface area contributed by atoms with Crippen molar-refractivity contribution in [3.05, 3.63) is 64.1 Å². The highest BCUT2D eigenvalue weighted by Crippen LogP contribution is 2.39. The second-order valence-electron chi connectivity index (χ2n) is 7.63. The zero-order chi connectivity index (χ0) is 19.6. The molecule has 1 aliphatic heterocycles. The highest BCUT2D eigenvalue weighted by molar-refractivity contribution is 5.87. The second kappa shape index (κ2) is 7.99. The fourth-order valence-electron chi connectivity index (χ4n) is 3.70. The fraction of sp³-hybridized carbons (Fsp3) is 0.455. The van der Waals surface area contributed by atoms with Crippen molar-refractivity contribution in [3.63, 3.8) is 0 Å². The number of rotatable bonds is 5. The number of carbonyl (C=O) groups is 1. The van der Waals surface area contributed by atoms with Gasteiger partial charge in [-0.25, -0.2) is 0 Å². The van der Waals surface area contributed by atoms with Crippen molar-refractivity contribution in [2.75, 3.05) is 4.90 Å². The smallest absolute Gasteiger partial charge is 0.250 e. The third kappa shape index (κ3) is 4.07. The Kier molecular flexibility index (Phi) is 5.68. The standard InChI is InChI=1S/C22H29N3O2/c1-5-15(2)23-22(27)19-12-16(3)25(20-9-7-6-8-18(19)20)14-17-10-11-24(4)21(26)13-17/h6-11,13,15-16,19H,5,12,14H2,1-4H3,(H,23,27)/t15-,16+,19+/m0/s1. The number of amides is 1. The molecular formula is C22H29N3O2. The van der Waals surface area contributed by atoms with E-state index >= 15 is 0 Å². The molecule has 0 spiro atoms. The summed E-state index contributed by atoms with van der Waals surface area (Å²) < 4.78 is 1.58. The summed E-state index contributed by atoms with van der Waals surface area (Å²) in [6.07, 6.45) is 3.50. The molecule has 5 heteroatoms. The van der Waals surface area contributed by atoms with Gasteiger partial charge >= 0.3 is 0 Å². The summed E-state index contributed by atoms with van der Waals surface area (Å²) in [5, 5.41) is 3.14. The molecule has 2 aromatic rings. The van der Waals surface area contributed by atoms with Crippen LogP contribution in [-0.4, -0.2) is 22.6 Å². The molecule has 1 aromatic heterocycles. The lowest BCUT2D eigenvalue weighted by atomic mass is 9.85. The van der Waals surface area contributed by atoms with Gasteiger partial charge in [-0.05, 0) is 49.9 Å². The second-order valence-corrected chi connectivity index (χ2v) is 7.63. The van der Waals surface area contributed by atoms with E-state index in [4.69, 9.17) is 0 Å². The number of para-hydroxylation sites is 1. The van der Waals surface area contributed by atoms with Crippen LogP contribution >= 0.6 is 0 Å². The number of nitrogens with zero attached hydrogens (tertiary/aromatic N) is 2. The van der Waals surface area contributed by atoms with E-state index in [9.17, 15) is 9.59 Å². The quantitative estimate of drug-likeness (QED) is 0.883. The van der Waals surface area contributed by atoms with Crippen LogP contribution in [0, 0.1) is 0 Å². The maximum Gasteiger partial charge on any atom is 0.250 e. The first-order chi connectivity index (χ1) is 12.9. The van der Waals surface area contributed by atoms with E-state index in [1.54, 1.807) is 23.9 Å². The van der Waals surface area contributed by atoms with E-state index < -0.39 is 0 Å². The van der Waals surface area contributed by atoms with Crippen molar-refractivity contribution in [1.82, 2.24) is 9.88 Å². The molecule has 0 radical (unpaired) electrons. The highest BCUT2D eigenvalue weighted by atomic mass is 16.2. The lowest BCUT2D eigenvalue weighted by Gasteiger charge is -2.40. The van der Waals surface area contributed by atoms with Crippen LogP contribution in [0.15, 0.2) is 47.4 Å². The minimum Gasteiger partial charge on any atom is -0.364 e. The van der Waals surface area contributed by atoms with E-state index in [0.29, 0.717) is 6.54 Å². The van der Waals surface area contributed by atoms with E-state index in [1.165, 1.54) is 0 Å². The van der Waals surface area contributed by atoms with Gasteiger partial charge in [0.1, 0.15) is 0 Å². The number of hydrogen-bond acceptors (Lipinski definition) is 3. The van der Waals surface area contributed by atoms with Gasteiger partial charge in [0.25, 0.3) is 5.56 Å². The predicted molar refractivity (Wildman–Crippen MR) is 109 cm³/mol. The molecule has 0 unspecified atom stereocenters. The zero-order valence-electron chi connectivity index (χ0n) is 16.6. The topological polar surface area (TPSA) is 54.3 Å². The van der Waals surface area contributed by atoms with Crippen LogP contribution in [0.3, 0.4) is 0 Å². The lowest BCUT2D eigenvalue weighted by Crippen LogP contribution is -2.44. The summed E-state index contributed by atoms with van der Waals surface area (Å²) in [4.78, 5) is 27.1. The molecule has 144 valence electrons. The summed E-state index contributed by atoms with van der Waals surface area (Å²) in [6, 6.07) is 12.2. The third-order valence-corrected chi connectivity index (χ3v) is 5.57. The van der Waals surface area contributed by atoms with E-state index in [0.717, 1.165) is 29.7 Å². The summed E-state index contributed by atoms with van der Waals surface area (Å²) in [7, 11) is 1.76. The lowest BCUT2D eigenvalue weighted by molar-refractivity contribution is -0.123. The molecule has 27 heavy (non-hydrogen) atoms. The minimum atomic E-state index is -0.134. The molecule has 3 rings (SSSR count). The number of aryl methyl sites for hydroxylation is 1. The molecule has 2 heterocycles. The molecule has 3 atom stereocenters. The molecule has 1 aliphatic rings. The van der Waals surface area contributed by atoms with E-state index in [1.807, 2.05) is 25.1 Å². The normalized spacial score (nSPS) is 20.1. The monoisotopic (exact) mass is 367 g/mol. The van der Waals surface area contributed by atoms with Crippen molar-refractivity contribution < 1.29 is 4.79 Å². The van der Waals surface area contributed by atoms with Gasteiger partial charge in [-0.2, -0.15) is 0 Å². The van der Waals surface area contributed by atoms with Crippen LogP contribution in [0.5, 0.6) is 0 Å². The van der Waals surface area contributed by atoms with Crippen molar-refractivity contribution in [1.29, 1.82) is 0 Å². The molecule has 0 saturated heterocycles. The highest BCUT2D eigenvalue weighted by Gasteiger charge is 2.34. The minimum absolute atomic E-state index is 0.00347. The fourth-order valence-corrected chi connectivity index (χ4v) is 3.70. The Hall–Kier alpha value is -2.56. The number of carbonyl (C=O) groups excluding carboxylic acids is 1. The van der Waals surface area contributed by atoms with Crippen molar-refractivity contribution in [2.45, 2.75) is 58.2 Å². The molecule has 1 amide bonds. The van der Waals surface area contributed by atoms with Gasteiger partial charge in [-0.1, -0.05) is 25.1 Å². The summed E-state index contributed by atoms with van der Waals surface area (Å²) in [5.74, 6) is -0.0260. The van der Waals surface area contributed by atoms with Crippen LogP contribution in [0.2, 0.25) is 0 Å². The first kappa shape index (κ1) is 19.2. The Morgan fingerprint density at radius 2 is 2.04 bits per heavy atom. The van der Waals surface area contributed by atoms with E-state index in [-0.39, 0.29) is 29.5 Å². The number of anilines is 1. The Bertz CT molecular complexity index is 874. The summed E-state index contributed by atoms with van der Waals surface area (Å²) >= 11 is 0. The van der Waals surface area contributed by atoms with Crippen LogP contribution in [0.25, 0.3) is 0 Å². The first-order valence-corrected chi connectivity index (χ1v) is 9.72. The number of aromatic nitrogens is 1. The molecule has 0 bridgehead atoms. The average molecular weight is 367 g/mol. The summed E-state index contributed by atoms with van der Waals surface area (Å²) in [6.45, 7) is 6.93. The summed E-state index contributed by atoms with van der Waals surface area (Å²) in [5.41, 5.74) is 3.14. The number of benzene rings is 1. The average Bonchev–Trinajstić information content (AvgIpc) is 2.66. The molecule has 1 N–H and O–H groups in total. The Morgan fingerprint density at radius 1 is 1.30 bits per heavy atom. The zero-order valence-corrected chi connectivity index (χ0v) is 16.6. The van der Waals surface area contributed by atoms with Gasteiger partial charge in [0.15, 0.2) is 0 Å². The Balaban J connectivity index is 1.90. The van der Waals surface area contributed by atoms with Crippen molar-refractivity contribution in [2.24, 2.45) is 7.05 Å². The largest absolute Gasteiger partial charge is 0.364 e. The molecular weight excluding hydrogens is 338 g/mol. The number of fused-ring (bicyclic) bond motifs is 1.